The summed E-state index contributed by atoms with van der Waals surface area (Å²) < 4.78 is 0. The summed E-state index contributed by atoms with van der Waals surface area (Å²) in [5.41, 5.74) is 8.11. The molecule has 0 saturated heterocycles. The Hall–Kier alpha value is -4.70. The van der Waals surface area contributed by atoms with Gasteiger partial charge in [0.15, 0.2) is 0 Å². The van der Waals surface area contributed by atoms with Crippen LogP contribution in [0.3, 0.4) is 0 Å². The molecule has 0 atom stereocenters. The van der Waals surface area contributed by atoms with E-state index < -0.39 is 0 Å². The van der Waals surface area contributed by atoms with Crippen molar-refractivity contribution >= 4 is 35.3 Å². The van der Waals surface area contributed by atoms with Gasteiger partial charge in [0.2, 0.25) is 11.8 Å². The molecule has 4 nitrogen and oxygen atoms in total. The van der Waals surface area contributed by atoms with Crippen LogP contribution in [0.1, 0.15) is 33.4 Å². The van der Waals surface area contributed by atoms with E-state index in [0.29, 0.717) is 0 Å². The third-order valence-corrected chi connectivity index (χ3v) is 5.86. The highest BCUT2D eigenvalue weighted by atomic mass is 16.2. The van der Waals surface area contributed by atoms with Gasteiger partial charge in [-0.25, -0.2) is 0 Å². The van der Waals surface area contributed by atoms with E-state index >= 15 is 0 Å². The Morgan fingerprint density at radius 2 is 0.892 bits per heavy atom. The number of aryl methyl sites for hydroxylation is 2. The zero-order valence-corrected chi connectivity index (χ0v) is 21.1. The van der Waals surface area contributed by atoms with Crippen molar-refractivity contribution in [3.05, 3.63) is 143 Å². The topological polar surface area (TPSA) is 58.2 Å². The molecule has 0 saturated carbocycles. The first kappa shape index (κ1) is 25.4. The van der Waals surface area contributed by atoms with Crippen LogP contribution in [0.2, 0.25) is 0 Å². The molecule has 2 amide bonds. The predicted octanol–water partition coefficient (Wildman–Crippen LogP) is 7.20. The molecule has 0 unspecified atom stereocenters. The summed E-state index contributed by atoms with van der Waals surface area (Å²) in [6.45, 7) is 4.07. The largest absolute Gasteiger partial charge is 0.323 e. The zero-order chi connectivity index (χ0) is 26.0. The Balaban J connectivity index is 1.26. The van der Waals surface area contributed by atoms with E-state index in [1.54, 1.807) is 12.2 Å². The third kappa shape index (κ3) is 8.18. The number of hydrogen-bond acceptors (Lipinski definition) is 2. The molecule has 4 aromatic carbocycles. The second kappa shape index (κ2) is 12.3. The summed E-state index contributed by atoms with van der Waals surface area (Å²) in [5.74, 6) is -0.334. The van der Waals surface area contributed by atoms with Gasteiger partial charge in [-0.15, -0.1) is 0 Å². The van der Waals surface area contributed by atoms with Gasteiger partial charge in [0.1, 0.15) is 0 Å². The van der Waals surface area contributed by atoms with E-state index in [0.717, 1.165) is 40.0 Å². The van der Waals surface area contributed by atoms with Crippen molar-refractivity contribution in [2.45, 2.75) is 20.3 Å². The fourth-order valence-corrected chi connectivity index (χ4v) is 3.71. The number of nitrogens with one attached hydrogen (secondary N) is 2. The fourth-order valence-electron chi connectivity index (χ4n) is 3.71. The quantitative estimate of drug-likeness (QED) is 0.259. The van der Waals surface area contributed by atoms with Crippen LogP contribution < -0.4 is 10.6 Å². The van der Waals surface area contributed by atoms with Crippen LogP contribution in [0.5, 0.6) is 0 Å². The summed E-state index contributed by atoms with van der Waals surface area (Å²) in [5, 5.41) is 5.78. The summed E-state index contributed by atoms with van der Waals surface area (Å²) in [6, 6.07) is 31.7. The van der Waals surface area contributed by atoms with E-state index in [1.807, 2.05) is 111 Å². The highest BCUT2D eigenvalue weighted by molar-refractivity contribution is 6.02. The third-order valence-electron chi connectivity index (χ3n) is 5.86. The average molecular weight is 487 g/mol. The Morgan fingerprint density at radius 1 is 0.541 bits per heavy atom. The summed E-state index contributed by atoms with van der Waals surface area (Å²) in [7, 11) is 0. The number of carbonyl (C=O) groups excluding carboxylic acids is 2. The summed E-state index contributed by atoms with van der Waals surface area (Å²) >= 11 is 0. The van der Waals surface area contributed by atoms with Crippen molar-refractivity contribution in [1.29, 1.82) is 0 Å². The lowest BCUT2D eigenvalue weighted by Gasteiger charge is -2.07. The first-order chi connectivity index (χ1) is 17.9. The van der Waals surface area contributed by atoms with Crippen LogP contribution in [0.4, 0.5) is 11.4 Å². The molecule has 4 heteroatoms. The Bertz CT molecular complexity index is 1290. The normalized spacial score (nSPS) is 11.1. The van der Waals surface area contributed by atoms with E-state index in [1.165, 1.54) is 23.3 Å². The molecule has 2 N–H and O–H groups in total. The fraction of sp³-hybridized carbons (Fsp3) is 0.0909. The minimum absolute atomic E-state index is 0.167. The Morgan fingerprint density at radius 3 is 1.24 bits per heavy atom. The zero-order valence-electron chi connectivity index (χ0n) is 21.1. The minimum Gasteiger partial charge on any atom is -0.323 e. The van der Waals surface area contributed by atoms with Crippen molar-refractivity contribution in [3.8, 4) is 0 Å². The molecular formula is C33H30N2O2. The molecule has 0 heterocycles. The molecule has 4 rings (SSSR count). The van der Waals surface area contributed by atoms with E-state index in [2.05, 4.69) is 10.6 Å². The monoisotopic (exact) mass is 486 g/mol. The van der Waals surface area contributed by atoms with E-state index in [-0.39, 0.29) is 11.8 Å². The lowest BCUT2D eigenvalue weighted by molar-refractivity contribution is -0.112. The van der Waals surface area contributed by atoms with E-state index in [9.17, 15) is 9.59 Å². The standard InChI is InChI=1S/C33H30N2O2/c1-24-3-7-26(8-4-24)15-21-32(36)34-30-17-11-28(12-18-30)23-29-13-19-31(20-14-29)35-33(37)22-16-27-9-5-25(2)6-10-27/h3-22H,23H2,1-2H3,(H,34,36)(H,35,37). The minimum atomic E-state index is -0.167. The van der Waals surface area contributed by atoms with Crippen LogP contribution in [0.25, 0.3) is 12.2 Å². The molecule has 0 aliphatic rings. The number of hydrogen-bond donors (Lipinski definition) is 2. The van der Waals surface area contributed by atoms with Crippen LogP contribution >= 0.6 is 0 Å². The predicted molar refractivity (Wildman–Crippen MR) is 153 cm³/mol. The average Bonchev–Trinajstić information content (AvgIpc) is 2.90. The molecule has 0 bridgehead atoms. The van der Waals surface area contributed by atoms with Crippen molar-refractivity contribution in [2.75, 3.05) is 10.6 Å². The van der Waals surface area contributed by atoms with Gasteiger partial charge in [0.25, 0.3) is 0 Å². The lowest BCUT2D eigenvalue weighted by atomic mass is 10.0. The van der Waals surface area contributed by atoms with Crippen LogP contribution in [0.15, 0.2) is 109 Å². The van der Waals surface area contributed by atoms with Crippen molar-refractivity contribution in [1.82, 2.24) is 0 Å². The lowest BCUT2D eigenvalue weighted by Crippen LogP contribution is -2.08. The van der Waals surface area contributed by atoms with Crippen LogP contribution in [0, 0.1) is 13.8 Å². The van der Waals surface area contributed by atoms with Gasteiger partial charge >= 0.3 is 0 Å². The molecule has 0 spiro atoms. The maximum atomic E-state index is 12.2. The van der Waals surface area contributed by atoms with Crippen LogP contribution in [-0.4, -0.2) is 11.8 Å². The van der Waals surface area contributed by atoms with Gasteiger partial charge in [-0.2, -0.15) is 0 Å². The van der Waals surface area contributed by atoms with Crippen LogP contribution in [-0.2, 0) is 16.0 Å². The maximum Gasteiger partial charge on any atom is 0.248 e. The van der Waals surface area contributed by atoms with Crippen molar-refractivity contribution < 1.29 is 9.59 Å². The second-order valence-electron chi connectivity index (χ2n) is 9.04. The molecule has 0 radical (unpaired) electrons. The molecule has 184 valence electrons. The van der Waals surface area contributed by atoms with Gasteiger partial charge in [0, 0.05) is 23.5 Å². The molecule has 0 aliphatic carbocycles. The molecular weight excluding hydrogens is 456 g/mol. The highest BCUT2D eigenvalue weighted by Crippen LogP contribution is 2.16. The number of carbonyl (C=O) groups is 2. The maximum absolute atomic E-state index is 12.2. The number of rotatable bonds is 8. The molecule has 0 fully saturated rings. The molecule has 0 aliphatic heterocycles. The van der Waals surface area contributed by atoms with Crippen molar-refractivity contribution in [3.63, 3.8) is 0 Å². The number of amides is 2. The smallest absolute Gasteiger partial charge is 0.248 e. The first-order valence-corrected chi connectivity index (χ1v) is 12.2. The van der Waals surface area contributed by atoms with Gasteiger partial charge in [-0.1, -0.05) is 83.9 Å². The molecule has 4 aromatic rings. The Kier molecular flexibility index (Phi) is 8.45. The summed E-state index contributed by atoms with van der Waals surface area (Å²) in [6.07, 6.45) is 7.43. The number of anilines is 2. The highest BCUT2D eigenvalue weighted by Gasteiger charge is 2.02. The van der Waals surface area contributed by atoms with E-state index in [4.69, 9.17) is 0 Å². The first-order valence-electron chi connectivity index (χ1n) is 12.2. The second-order valence-corrected chi connectivity index (χ2v) is 9.04. The molecule has 0 aromatic heterocycles. The van der Waals surface area contributed by atoms with Gasteiger partial charge in [-0.05, 0) is 78.9 Å². The van der Waals surface area contributed by atoms with Crippen molar-refractivity contribution in [2.24, 2.45) is 0 Å². The Labute approximate surface area is 218 Å². The number of benzene rings is 4. The SMILES string of the molecule is Cc1ccc(C=CC(=O)Nc2ccc(Cc3ccc(NC(=O)C=Cc4ccc(C)cc4)cc3)cc2)cc1. The van der Waals surface area contributed by atoms with Gasteiger partial charge < -0.3 is 10.6 Å². The van der Waals surface area contributed by atoms with Gasteiger partial charge in [-0.3, -0.25) is 9.59 Å². The molecule has 37 heavy (non-hydrogen) atoms. The van der Waals surface area contributed by atoms with Gasteiger partial charge in [0.05, 0.1) is 0 Å². The summed E-state index contributed by atoms with van der Waals surface area (Å²) in [4.78, 5) is 24.5.